The Kier molecular flexibility index (Phi) is 1.42. The fourth-order valence-electron chi connectivity index (χ4n) is 0.956. The van der Waals surface area contributed by atoms with Crippen molar-refractivity contribution in [1.82, 2.24) is 10.2 Å². The Hall–Kier alpha value is -1.67. The molecule has 0 aromatic carbocycles. The summed E-state index contributed by atoms with van der Waals surface area (Å²) in [7, 11) is 0. The van der Waals surface area contributed by atoms with Gasteiger partial charge in [0.25, 0.3) is 0 Å². The number of hydrogen-bond acceptors (Lipinski definition) is 5. The number of nitrogens with zero attached hydrogens (tertiary/aromatic N) is 3. The maximum Gasteiger partial charge on any atom is 0.149 e. The molecule has 0 aliphatic heterocycles. The summed E-state index contributed by atoms with van der Waals surface area (Å²) in [6.45, 7) is 0. The third-order valence-electron chi connectivity index (χ3n) is 1.52. The fraction of sp³-hybridized carbons (Fsp3) is 0. The summed E-state index contributed by atoms with van der Waals surface area (Å²) in [5.41, 5.74) is 6.18. The fourth-order valence-corrected chi connectivity index (χ4v) is 1.79. The van der Waals surface area contributed by atoms with E-state index in [4.69, 9.17) is 11.0 Å². The Labute approximate surface area is 72.3 Å². The van der Waals surface area contributed by atoms with Gasteiger partial charge in [0, 0.05) is 5.39 Å². The van der Waals surface area contributed by atoms with Crippen LogP contribution in [0.15, 0.2) is 12.3 Å². The van der Waals surface area contributed by atoms with Crippen LogP contribution in [0.1, 0.15) is 4.88 Å². The van der Waals surface area contributed by atoms with Crippen molar-refractivity contribution in [1.29, 1.82) is 5.26 Å². The van der Waals surface area contributed by atoms with Crippen molar-refractivity contribution in [3.63, 3.8) is 0 Å². The van der Waals surface area contributed by atoms with Gasteiger partial charge >= 0.3 is 0 Å². The quantitative estimate of drug-likeness (QED) is 0.653. The number of hydrogen-bond donors (Lipinski definition) is 1. The lowest BCUT2D eigenvalue weighted by Crippen LogP contribution is -1.85. The molecular formula is C7H4N4S. The minimum Gasteiger partial charge on any atom is -0.396 e. The van der Waals surface area contributed by atoms with Crippen LogP contribution < -0.4 is 5.73 Å². The van der Waals surface area contributed by atoms with Crippen molar-refractivity contribution in [2.24, 2.45) is 0 Å². The normalized spacial score (nSPS) is 9.92. The lowest BCUT2D eigenvalue weighted by Gasteiger charge is -1.86. The molecule has 2 rings (SSSR count). The summed E-state index contributed by atoms with van der Waals surface area (Å²) in [6, 6.07) is 3.77. The SMILES string of the molecule is N#Cc1sc2nnccc2c1N. The van der Waals surface area contributed by atoms with Crippen molar-refractivity contribution >= 4 is 27.2 Å². The van der Waals surface area contributed by atoms with E-state index in [2.05, 4.69) is 10.2 Å². The van der Waals surface area contributed by atoms with E-state index < -0.39 is 0 Å². The average molecular weight is 176 g/mol. The number of rotatable bonds is 0. The third-order valence-corrected chi connectivity index (χ3v) is 2.53. The summed E-state index contributed by atoms with van der Waals surface area (Å²) in [5.74, 6) is 0. The molecule has 0 saturated carbocycles. The monoisotopic (exact) mass is 176 g/mol. The molecule has 5 heteroatoms. The molecule has 12 heavy (non-hydrogen) atoms. The van der Waals surface area contributed by atoms with Crippen molar-refractivity contribution in [3.8, 4) is 6.07 Å². The van der Waals surface area contributed by atoms with E-state index in [9.17, 15) is 0 Å². The van der Waals surface area contributed by atoms with Crippen LogP contribution in [0.2, 0.25) is 0 Å². The standard InChI is InChI=1S/C7H4N4S/c8-3-5-6(9)4-1-2-10-11-7(4)12-5/h1-2H,9H2. The highest BCUT2D eigenvalue weighted by Gasteiger charge is 2.08. The minimum absolute atomic E-state index is 0.505. The Bertz CT molecular complexity index is 468. The van der Waals surface area contributed by atoms with Gasteiger partial charge in [-0.1, -0.05) is 0 Å². The molecule has 4 nitrogen and oxygen atoms in total. The molecule has 0 fully saturated rings. The van der Waals surface area contributed by atoms with E-state index in [-0.39, 0.29) is 0 Å². The zero-order chi connectivity index (χ0) is 8.55. The summed E-state index contributed by atoms with van der Waals surface area (Å²) in [6.07, 6.45) is 1.56. The van der Waals surface area contributed by atoms with Gasteiger partial charge in [0.05, 0.1) is 11.9 Å². The lowest BCUT2D eigenvalue weighted by molar-refractivity contribution is 1.09. The maximum absolute atomic E-state index is 8.65. The van der Waals surface area contributed by atoms with Gasteiger partial charge in [-0.05, 0) is 6.07 Å². The van der Waals surface area contributed by atoms with Gasteiger partial charge in [-0.25, -0.2) is 0 Å². The lowest BCUT2D eigenvalue weighted by atomic mass is 10.3. The predicted molar refractivity (Wildman–Crippen MR) is 46.5 cm³/mol. The van der Waals surface area contributed by atoms with Crippen LogP contribution in [0.4, 0.5) is 5.69 Å². The highest BCUT2D eigenvalue weighted by Crippen LogP contribution is 2.30. The molecule has 0 bridgehead atoms. The second-order valence-electron chi connectivity index (χ2n) is 2.21. The van der Waals surface area contributed by atoms with Gasteiger partial charge in [-0.2, -0.15) is 10.4 Å². The number of anilines is 1. The maximum atomic E-state index is 8.65. The second-order valence-corrected chi connectivity index (χ2v) is 3.21. The number of thiophene rings is 1. The van der Waals surface area contributed by atoms with Gasteiger partial charge in [-0.3, -0.25) is 0 Å². The second kappa shape index (κ2) is 2.43. The van der Waals surface area contributed by atoms with E-state index in [0.717, 1.165) is 5.39 Å². The summed E-state index contributed by atoms with van der Waals surface area (Å²) < 4.78 is 0. The molecule has 2 aromatic heterocycles. The minimum atomic E-state index is 0.505. The van der Waals surface area contributed by atoms with Gasteiger partial charge in [0.1, 0.15) is 15.8 Å². The molecule has 0 aliphatic rings. The highest BCUT2D eigenvalue weighted by atomic mass is 32.1. The van der Waals surface area contributed by atoms with Crippen molar-refractivity contribution < 1.29 is 0 Å². The first-order valence-electron chi connectivity index (χ1n) is 3.22. The van der Waals surface area contributed by atoms with Gasteiger partial charge < -0.3 is 5.73 Å². The first kappa shape index (κ1) is 7.00. The molecular weight excluding hydrogens is 172 g/mol. The zero-order valence-corrected chi connectivity index (χ0v) is 6.80. The summed E-state index contributed by atoms with van der Waals surface area (Å²) >= 11 is 1.26. The Morgan fingerprint density at radius 3 is 3.08 bits per heavy atom. The van der Waals surface area contributed by atoms with Crippen LogP contribution in [0, 0.1) is 11.3 Å². The topological polar surface area (TPSA) is 75.6 Å². The molecule has 0 aliphatic carbocycles. The van der Waals surface area contributed by atoms with Crippen molar-refractivity contribution in [2.45, 2.75) is 0 Å². The molecule has 0 atom stereocenters. The number of nitrogen functional groups attached to an aromatic ring is 1. The first-order valence-corrected chi connectivity index (χ1v) is 4.04. The van der Waals surface area contributed by atoms with Crippen LogP contribution >= 0.6 is 11.3 Å². The van der Waals surface area contributed by atoms with Crippen molar-refractivity contribution in [3.05, 3.63) is 17.1 Å². The predicted octanol–water partition coefficient (Wildman–Crippen LogP) is 1.15. The molecule has 0 amide bonds. The van der Waals surface area contributed by atoms with E-state index >= 15 is 0 Å². The van der Waals surface area contributed by atoms with Gasteiger partial charge in [0.15, 0.2) is 0 Å². The Balaban J connectivity index is 2.90. The molecule has 0 radical (unpaired) electrons. The van der Waals surface area contributed by atoms with Crippen molar-refractivity contribution in [2.75, 3.05) is 5.73 Å². The number of nitrogens with two attached hydrogens (primary N) is 1. The zero-order valence-electron chi connectivity index (χ0n) is 5.98. The smallest absolute Gasteiger partial charge is 0.149 e. The van der Waals surface area contributed by atoms with Crippen LogP contribution in [-0.2, 0) is 0 Å². The van der Waals surface area contributed by atoms with E-state index in [1.165, 1.54) is 11.3 Å². The first-order chi connectivity index (χ1) is 5.83. The van der Waals surface area contributed by atoms with Crippen LogP contribution in [0.3, 0.4) is 0 Å². The van der Waals surface area contributed by atoms with E-state index in [0.29, 0.717) is 15.4 Å². The summed E-state index contributed by atoms with van der Waals surface area (Å²) in [5, 5.41) is 17.0. The molecule has 58 valence electrons. The molecule has 2 heterocycles. The van der Waals surface area contributed by atoms with Crippen LogP contribution in [0.25, 0.3) is 10.2 Å². The Morgan fingerprint density at radius 1 is 1.58 bits per heavy atom. The third kappa shape index (κ3) is 0.822. The summed E-state index contributed by atoms with van der Waals surface area (Å²) in [4.78, 5) is 1.22. The highest BCUT2D eigenvalue weighted by molar-refractivity contribution is 7.19. The Morgan fingerprint density at radius 2 is 2.42 bits per heavy atom. The van der Waals surface area contributed by atoms with Gasteiger partial charge in [-0.15, -0.1) is 16.4 Å². The van der Waals surface area contributed by atoms with E-state index in [1.54, 1.807) is 12.3 Å². The van der Waals surface area contributed by atoms with Crippen LogP contribution in [-0.4, -0.2) is 10.2 Å². The largest absolute Gasteiger partial charge is 0.396 e. The number of aromatic nitrogens is 2. The van der Waals surface area contributed by atoms with E-state index in [1.807, 2.05) is 6.07 Å². The average Bonchev–Trinajstić information content (AvgIpc) is 2.44. The molecule has 0 saturated heterocycles. The number of nitriles is 1. The number of fused-ring (bicyclic) bond motifs is 1. The van der Waals surface area contributed by atoms with Gasteiger partial charge in [0.2, 0.25) is 0 Å². The molecule has 0 unspecified atom stereocenters. The molecule has 2 aromatic rings. The molecule has 0 spiro atoms. The molecule has 2 N–H and O–H groups in total. The van der Waals surface area contributed by atoms with Crippen LogP contribution in [0.5, 0.6) is 0 Å².